The lowest BCUT2D eigenvalue weighted by Gasteiger charge is -2.34. The Morgan fingerprint density at radius 2 is 1.94 bits per heavy atom. The molecule has 0 bridgehead atoms. The van der Waals surface area contributed by atoms with Crippen molar-refractivity contribution >= 4 is 10.9 Å². The third kappa shape index (κ3) is 2.05. The highest BCUT2D eigenvalue weighted by molar-refractivity contribution is 5.83. The zero-order valence-electron chi connectivity index (χ0n) is 11.1. The zero-order chi connectivity index (χ0) is 12.8. The van der Waals surface area contributed by atoms with Crippen molar-refractivity contribution in [2.24, 2.45) is 5.41 Å². The van der Waals surface area contributed by atoms with Crippen LogP contribution < -0.4 is 0 Å². The minimum atomic E-state index is -0.166. The molecule has 3 rings (SSSR count). The fourth-order valence-corrected chi connectivity index (χ4v) is 3.17. The Hall–Kier alpha value is -1.31. The molecule has 0 unspecified atom stereocenters. The molecule has 1 saturated carbocycles. The second-order valence-corrected chi connectivity index (χ2v) is 6.37. The topological polar surface area (TPSA) is 15.8 Å². The minimum Gasteiger partial charge on any atom is -0.361 e. The standard InChI is InChI=1S/C16H20FN/c1-16(2)7-5-11(6-8-16)14-10-18-15-9-12(17)3-4-13(14)15/h3-4,9-11,18H,5-8H2,1-2H3. The number of hydrogen-bond acceptors (Lipinski definition) is 0. The van der Waals surface area contributed by atoms with Crippen LogP contribution in [0.25, 0.3) is 10.9 Å². The number of hydrogen-bond donors (Lipinski definition) is 1. The van der Waals surface area contributed by atoms with E-state index in [4.69, 9.17) is 0 Å². The molecule has 1 aromatic carbocycles. The Bertz CT molecular complexity index is 557. The van der Waals surface area contributed by atoms with Crippen molar-refractivity contribution in [1.29, 1.82) is 0 Å². The molecule has 1 nitrogen and oxygen atoms in total. The SMILES string of the molecule is CC1(C)CCC(c2c[nH]c3cc(F)ccc23)CC1. The Morgan fingerprint density at radius 1 is 1.22 bits per heavy atom. The van der Waals surface area contributed by atoms with Crippen molar-refractivity contribution < 1.29 is 4.39 Å². The van der Waals surface area contributed by atoms with E-state index in [-0.39, 0.29) is 5.82 Å². The molecule has 1 heterocycles. The number of nitrogens with one attached hydrogen (secondary N) is 1. The van der Waals surface area contributed by atoms with E-state index in [2.05, 4.69) is 25.0 Å². The van der Waals surface area contributed by atoms with Crippen LogP contribution in [-0.2, 0) is 0 Å². The van der Waals surface area contributed by atoms with Gasteiger partial charge in [0.15, 0.2) is 0 Å². The second-order valence-electron chi connectivity index (χ2n) is 6.37. The van der Waals surface area contributed by atoms with E-state index >= 15 is 0 Å². The molecule has 96 valence electrons. The maximum atomic E-state index is 13.2. The molecule has 1 aromatic heterocycles. The maximum Gasteiger partial charge on any atom is 0.125 e. The predicted molar refractivity (Wildman–Crippen MR) is 73.2 cm³/mol. The first-order valence-electron chi connectivity index (χ1n) is 6.82. The first-order valence-corrected chi connectivity index (χ1v) is 6.82. The molecule has 18 heavy (non-hydrogen) atoms. The lowest BCUT2D eigenvalue weighted by molar-refractivity contribution is 0.225. The first kappa shape index (κ1) is 11.8. The third-order valence-corrected chi connectivity index (χ3v) is 4.45. The molecular formula is C16H20FN. The summed E-state index contributed by atoms with van der Waals surface area (Å²) in [6.07, 6.45) is 7.14. The molecule has 2 aromatic rings. The monoisotopic (exact) mass is 245 g/mol. The molecular weight excluding hydrogens is 225 g/mol. The van der Waals surface area contributed by atoms with Crippen molar-refractivity contribution in [1.82, 2.24) is 4.98 Å². The van der Waals surface area contributed by atoms with Gasteiger partial charge in [-0.15, -0.1) is 0 Å². The van der Waals surface area contributed by atoms with Gasteiger partial charge >= 0.3 is 0 Å². The van der Waals surface area contributed by atoms with Crippen LogP contribution in [0.1, 0.15) is 51.0 Å². The summed E-state index contributed by atoms with van der Waals surface area (Å²) in [6, 6.07) is 5.06. The van der Waals surface area contributed by atoms with Gasteiger partial charge in [0.2, 0.25) is 0 Å². The molecule has 0 amide bonds. The van der Waals surface area contributed by atoms with Crippen LogP contribution in [-0.4, -0.2) is 4.98 Å². The van der Waals surface area contributed by atoms with Crippen LogP contribution in [0.15, 0.2) is 24.4 Å². The fourth-order valence-electron chi connectivity index (χ4n) is 3.17. The van der Waals surface area contributed by atoms with Crippen LogP contribution >= 0.6 is 0 Å². The van der Waals surface area contributed by atoms with E-state index in [1.807, 2.05) is 6.07 Å². The quantitative estimate of drug-likeness (QED) is 0.728. The van der Waals surface area contributed by atoms with E-state index in [1.165, 1.54) is 36.6 Å². The average molecular weight is 245 g/mol. The number of H-pyrrole nitrogens is 1. The first-order chi connectivity index (χ1) is 8.55. The Kier molecular flexibility index (Phi) is 2.69. The molecule has 1 aliphatic carbocycles. The van der Waals surface area contributed by atoms with Gasteiger partial charge in [-0.3, -0.25) is 0 Å². The lowest BCUT2D eigenvalue weighted by atomic mass is 9.71. The molecule has 0 radical (unpaired) electrons. The van der Waals surface area contributed by atoms with Gasteiger partial charge in [-0.2, -0.15) is 0 Å². The summed E-state index contributed by atoms with van der Waals surface area (Å²) in [5.41, 5.74) is 2.80. The third-order valence-electron chi connectivity index (χ3n) is 4.45. The molecule has 0 saturated heterocycles. The highest BCUT2D eigenvalue weighted by atomic mass is 19.1. The molecule has 2 heteroatoms. The van der Waals surface area contributed by atoms with Gasteiger partial charge in [-0.25, -0.2) is 4.39 Å². The smallest absolute Gasteiger partial charge is 0.125 e. The Labute approximate surface area is 107 Å². The largest absolute Gasteiger partial charge is 0.361 e. The number of halogens is 1. The highest BCUT2D eigenvalue weighted by Gasteiger charge is 2.28. The van der Waals surface area contributed by atoms with Gasteiger partial charge in [-0.05, 0) is 60.8 Å². The van der Waals surface area contributed by atoms with E-state index in [1.54, 1.807) is 12.1 Å². The molecule has 0 spiro atoms. The van der Waals surface area contributed by atoms with Crippen LogP contribution in [0.2, 0.25) is 0 Å². The number of aromatic nitrogens is 1. The Morgan fingerprint density at radius 3 is 2.67 bits per heavy atom. The molecule has 0 atom stereocenters. The summed E-state index contributed by atoms with van der Waals surface area (Å²) in [6.45, 7) is 4.71. The molecule has 1 N–H and O–H groups in total. The predicted octanol–water partition coefficient (Wildman–Crippen LogP) is 4.99. The maximum absolute atomic E-state index is 13.2. The number of benzene rings is 1. The fraction of sp³-hybridized carbons (Fsp3) is 0.500. The van der Waals surface area contributed by atoms with Gasteiger partial charge in [0.25, 0.3) is 0 Å². The van der Waals surface area contributed by atoms with Crippen molar-refractivity contribution in [2.45, 2.75) is 45.4 Å². The van der Waals surface area contributed by atoms with Crippen molar-refractivity contribution in [3.05, 3.63) is 35.8 Å². The van der Waals surface area contributed by atoms with Crippen molar-refractivity contribution in [3.8, 4) is 0 Å². The van der Waals surface area contributed by atoms with Crippen molar-refractivity contribution in [3.63, 3.8) is 0 Å². The lowest BCUT2D eigenvalue weighted by Crippen LogP contribution is -2.20. The number of fused-ring (bicyclic) bond motifs is 1. The van der Waals surface area contributed by atoms with Gasteiger partial charge in [0, 0.05) is 17.1 Å². The summed E-state index contributed by atoms with van der Waals surface area (Å²) in [4.78, 5) is 3.21. The summed E-state index contributed by atoms with van der Waals surface area (Å²) in [5.74, 6) is 0.470. The van der Waals surface area contributed by atoms with Gasteiger partial charge in [-0.1, -0.05) is 13.8 Å². The average Bonchev–Trinajstić information content (AvgIpc) is 2.72. The van der Waals surface area contributed by atoms with E-state index in [0.717, 1.165) is 5.52 Å². The Balaban J connectivity index is 1.91. The highest BCUT2D eigenvalue weighted by Crippen LogP contribution is 2.43. The van der Waals surface area contributed by atoms with Gasteiger partial charge in [0.1, 0.15) is 5.82 Å². The van der Waals surface area contributed by atoms with E-state index < -0.39 is 0 Å². The van der Waals surface area contributed by atoms with E-state index in [0.29, 0.717) is 11.3 Å². The van der Waals surface area contributed by atoms with Crippen molar-refractivity contribution in [2.75, 3.05) is 0 Å². The molecule has 1 fully saturated rings. The summed E-state index contributed by atoms with van der Waals surface area (Å²) < 4.78 is 13.2. The van der Waals surface area contributed by atoms with Crippen LogP contribution in [0.3, 0.4) is 0 Å². The number of aromatic amines is 1. The van der Waals surface area contributed by atoms with Gasteiger partial charge in [0.05, 0.1) is 0 Å². The normalized spacial score (nSPS) is 20.4. The molecule has 0 aliphatic heterocycles. The van der Waals surface area contributed by atoms with Gasteiger partial charge < -0.3 is 4.98 Å². The van der Waals surface area contributed by atoms with Crippen LogP contribution in [0.5, 0.6) is 0 Å². The minimum absolute atomic E-state index is 0.166. The van der Waals surface area contributed by atoms with Crippen LogP contribution in [0, 0.1) is 11.2 Å². The second kappa shape index (κ2) is 4.11. The van der Waals surface area contributed by atoms with Crippen LogP contribution in [0.4, 0.5) is 4.39 Å². The number of rotatable bonds is 1. The zero-order valence-corrected chi connectivity index (χ0v) is 11.1. The van der Waals surface area contributed by atoms with E-state index in [9.17, 15) is 4.39 Å². The molecule has 1 aliphatic rings. The summed E-state index contributed by atoms with van der Waals surface area (Å²) >= 11 is 0. The summed E-state index contributed by atoms with van der Waals surface area (Å²) in [7, 11) is 0. The summed E-state index contributed by atoms with van der Waals surface area (Å²) in [5, 5.41) is 1.20.